The number of hydrogen-bond donors (Lipinski definition) is 2. The monoisotopic (exact) mass is 382 g/mol. The fraction of sp³-hybridized carbons (Fsp3) is 0.273. The molecule has 3 aromatic rings. The zero-order valence-electron chi connectivity index (χ0n) is 15.3. The summed E-state index contributed by atoms with van der Waals surface area (Å²) in [6, 6.07) is 16.4. The van der Waals surface area contributed by atoms with Gasteiger partial charge in [-0.1, -0.05) is 48.0 Å². The molecule has 1 aliphatic heterocycles. The van der Waals surface area contributed by atoms with E-state index >= 15 is 0 Å². The van der Waals surface area contributed by atoms with E-state index in [0.717, 1.165) is 46.6 Å². The van der Waals surface area contributed by atoms with Gasteiger partial charge in [0.1, 0.15) is 12.0 Å². The Morgan fingerprint density at radius 2 is 2.00 bits per heavy atom. The van der Waals surface area contributed by atoms with Gasteiger partial charge in [-0.05, 0) is 49.7 Å². The summed E-state index contributed by atoms with van der Waals surface area (Å²) in [6.07, 6.45) is 5.47. The van der Waals surface area contributed by atoms with E-state index in [4.69, 9.17) is 21.1 Å². The van der Waals surface area contributed by atoms with E-state index in [0.29, 0.717) is 0 Å². The van der Waals surface area contributed by atoms with Gasteiger partial charge in [-0.15, -0.1) is 0 Å². The number of halogens is 1. The highest BCUT2D eigenvalue weighted by molar-refractivity contribution is 6.35. The summed E-state index contributed by atoms with van der Waals surface area (Å²) in [5, 5.41) is 5.08. The Morgan fingerprint density at radius 3 is 2.74 bits per heavy atom. The van der Waals surface area contributed by atoms with Crippen LogP contribution in [-0.4, -0.2) is 25.4 Å². The van der Waals surface area contributed by atoms with Crippen LogP contribution in [0, 0.1) is 0 Å². The van der Waals surface area contributed by atoms with Gasteiger partial charge < -0.3 is 19.8 Å². The number of aromatic amines is 1. The minimum atomic E-state index is -0.385. The summed E-state index contributed by atoms with van der Waals surface area (Å²) in [4.78, 5) is 3.39. The Morgan fingerprint density at radius 1 is 1.15 bits per heavy atom. The van der Waals surface area contributed by atoms with Crippen LogP contribution in [0.1, 0.15) is 17.5 Å². The molecule has 0 aliphatic carbocycles. The summed E-state index contributed by atoms with van der Waals surface area (Å²) in [7, 11) is 1.97. The number of hydrogen-bond acceptors (Lipinski definition) is 3. The number of benzene rings is 2. The van der Waals surface area contributed by atoms with Crippen LogP contribution in [0.4, 0.5) is 0 Å². The molecule has 2 heterocycles. The van der Waals surface area contributed by atoms with Crippen molar-refractivity contribution in [3.8, 4) is 0 Å². The van der Waals surface area contributed by atoms with E-state index in [2.05, 4.69) is 46.8 Å². The maximum absolute atomic E-state index is 6.63. The second-order valence-corrected chi connectivity index (χ2v) is 7.28. The quantitative estimate of drug-likeness (QED) is 0.619. The summed E-state index contributed by atoms with van der Waals surface area (Å²) >= 11 is 6.63. The average Bonchev–Trinajstić information content (AvgIpc) is 3.37. The van der Waals surface area contributed by atoms with Crippen molar-refractivity contribution in [3.05, 3.63) is 82.9 Å². The van der Waals surface area contributed by atoms with Crippen LogP contribution in [0.2, 0.25) is 5.02 Å². The number of rotatable bonds is 7. The lowest BCUT2D eigenvalue weighted by molar-refractivity contribution is 0.0648. The Kier molecular flexibility index (Phi) is 5.10. The highest BCUT2D eigenvalue weighted by Crippen LogP contribution is 2.45. The van der Waals surface area contributed by atoms with E-state index in [1.165, 1.54) is 5.56 Å². The molecule has 0 saturated heterocycles. The molecule has 2 aromatic carbocycles. The molecule has 4 rings (SSSR count). The van der Waals surface area contributed by atoms with Gasteiger partial charge in [0.2, 0.25) is 6.79 Å². The van der Waals surface area contributed by atoms with Crippen molar-refractivity contribution in [1.82, 2.24) is 10.3 Å². The molecule has 0 saturated carbocycles. The first-order valence-corrected chi connectivity index (χ1v) is 9.52. The lowest BCUT2D eigenvalue weighted by Gasteiger charge is -2.34. The van der Waals surface area contributed by atoms with Gasteiger partial charge in [0, 0.05) is 17.1 Å². The molecule has 5 heteroatoms. The first-order chi connectivity index (χ1) is 13.2. The Hall–Kier alpha value is -2.43. The van der Waals surface area contributed by atoms with Crippen molar-refractivity contribution < 1.29 is 9.47 Å². The first-order valence-electron chi connectivity index (χ1n) is 9.14. The predicted molar refractivity (Wildman–Crippen MR) is 109 cm³/mol. The Balaban J connectivity index is 1.92. The van der Waals surface area contributed by atoms with Crippen LogP contribution in [0.3, 0.4) is 0 Å². The van der Waals surface area contributed by atoms with Crippen LogP contribution < -0.4 is 5.32 Å². The van der Waals surface area contributed by atoms with Gasteiger partial charge in [0.15, 0.2) is 0 Å². The normalized spacial score (nSPS) is 15.9. The third-order valence-electron chi connectivity index (χ3n) is 5.27. The molecule has 4 nitrogen and oxygen atoms in total. The topological polar surface area (TPSA) is 46.3 Å². The molecule has 1 aliphatic rings. The number of aromatic nitrogens is 1. The Bertz CT molecular complexity index is 951. The van der Waals surface area contributed by atoms with Gasteiger partial charge in [0.05, 0.1) is 10.4 Å². The lowest BCUT2D eigenvalue weighted by atomic mass is 9.71. The van der Waals surface area contributed by atoms with E-state index in [9.17, 15) is 0 Å². The molecule has 2 N–H and O–H groups in total. The summed E-state index contributed by atoms with van der Waals surface area (Å²) < 4.78 is 11.4. The van der Waals surface area contributed by atoms with Crippen LogP contribution in [-0.2, 0) is 21.3 Å². The second kappa shape index (κ2) is 7.67. The third-order valence-corrected chi connectivity index (χ3v) is 5.58. The number of H-pyrrole nitrogens is 1. The molecule has 27 heavy (non-hydrogen) atoms. The van der Waals surface area contributed by atoms with Gasteiger partial charge in [0.25, 0.3) is 0 Å². The fourth-order valence-electron chi connectivity index (χ4n) is 3.95. The third kappa shape index (κ3) is 3.31. The van der Waals surface area contributed by atoms with Crippen molar-refractivity contribution in [1.29, 1.82) is 0 Å². The van der Waals surface area contributed by atoms with E-state index in [-0.39, 0.29) is 12.2 Å². The van der Waals surface area contributed by atoms with Crippen molar-refractivity contribution in [2.45, 2.75) is 18.3 Å². The molecule has 0 bridgehead atoms. The summed E-state index contributed by atoms with van der Waals surface area (Å²) in [5.74, 6) is 0.849. The van der Waals surface area contributed by atoms with E-state index in [1.54, 1.807) is 6.26 Å². The highest BCUT2D eigenvalue weighted by atomic mass is 35.5. The zero-order chi connectivity index (χ0) is 18.7. The fourth-order valence-corrected chi connectivity index (χ4v) is 4.23. The smallest absolute Gasteiger partial charge is 0.229 e. The molecule has 1 atom stereocenters. The largest absolute Gasteiger partial charge is 0.462 e. The number of nitrogens with one attached hydrogen (secondary N) is 2. The van der Waals surface area contributed by atoms with Gasteiger partial charge in [-0.3, -0.25) is 0 Å². The number of allylic oxidation sites excluding steroid dienone is 1. The van der Waals surface area contributed by atoms with E-state index < -0.39 is 0 Å². The van der Waals surface area contributed by atoms with Crippen molar-refractivity contribution in [3.63, 3.8) is 0 Å². The van der Waals surface area contributed by atoms with Crippen molar-refractivity contribution in [2.24, 2.45) is 0 Å². The van der Waals surface area contributed by atoms with Crippen LogP contribution in [0.25, 0.3) is 10.9 Å². The van der Waals surface area contributed by atoms with Crippen LogP contribution in [0.15, 0.2) is 66.7 Å². The van der Waals surface area contributed by atoms with Crippen molar-refractivity contribution in [2.75, 3.05) is 20.4 Å². The molecule has 1 aromatic heterocycles. The molecular weight excluding hydrogens is 360 g/mol. The molecule has 140 valence electrons. The molecule has 0 amide bonds. The maximum atomic E-state index is 6.63. The predicted octanol–water partition coefficient (Wildman–Crippen LogP) is 4.76. The first kappa shape index (κ1) is 18.0. The standard InChI is InChI=1S/C22H23ClN2O2/c1-24-11-10-22(20-14-26-15-27-20,12-16-6-3-2-4-7-16)17-13-25-19-9-5-8-18(23)21(17)19/h2-9,13-14,24-25H,10-12,15H2,1H3. The SMILES string of the molecule is CNCCC(Cc1ccccc1)(C1=COCO1)c1c[nH]c2cccc(Cl)c12. The number of ether oxygens (including phenoxy) is 2. The van der Waals surface area contributed by atoms with Crippen molar-refractivity contribution >= 4 is 22.5 Å². The summed E-state index contributed by atoms with van der Waals surface area (Å²) in [5.41, 5.74) is 3.02. The van der Waals surface area contributed by atoms with Crippen LogP contribution in [0.5, 0.6) is 0 Å². The molecule has 0 radical (unpaired) electrons. The minimum Gasteiger partial charge on any atom is -0.462 e. The van der Waals surface area contributed by atoms with Crippen LogP contribution >= 0.6 is 11.6 Å². The van der Waals surface area contributed by atoms with Gasteiger partial charge >= 0.3 is 0 Å². The second-order valence-electron chi connectivity index (χ2n) is 6.87. The zero-order valence-corrected chi connectivity index (χ0v) is 16.1. The summed E-state index contributed by atoms with van der Waals surface area (Å²) in [6.45, 7) is 1.09. The molecule has 0 spiro atoms. The average molecular weight is 383 g/mol. The Labute approximate surface area is 164 Å². The lowest BCUT2D eigenvalue weighted by Crippen LogP contribution is -2.35. The minimum absolute atomic E-state index is 0.252. The van der Waals surface area contributed by atoms with E-state index in [1.807, 2.05) is 25.2 Å². The van der Waals surface area contributed by atoms with Gasteiger partial charge in [-0.25, -0.2) is 0 Å². The highest BCUT2D eigenvalue weighted by Gasteiger charge is 2.42. The molecule has 1 unspecified atom stereocenters. The number of fused-ring (bicyclic) bond motifs is 1. The maximum Gasteiger partial charge on any atom is 0.229 e. The molecular formula is C22H23ClN2O2. The van der Waals surface area contributed by atoms with Gasteiger partial charge in [-0.2, -0.15) is 0 Å². The molecule has 0 fully saturated rings.